The van der Waals surface area contributed by atoms with Crippen LogP contribution in [0, 0.1) is 13.8 Å². The highest BCUT2D eigenvalue weighted by Gasteiger charge is 2.16. The smallest absolute Gasteiger partial charge is 0.308 e. The fraction of sp³-hybridized carbons (Fsp3) is 0.692. The minimum absolute atomic E-state index is 0.00759. The first kappa shape index (κ1) is 14.7. The Morgan fingerprint density at radius 3 is 2.61 bits per heavy atom. The molecule has 0 amide bonds. The van der Waals surface area contributed by atoms with Crippen molar-refractivity contribution in [3.63, 3.8) is 0 Å². The lowest BCUT2D eigenvalue weighted by molar-refractivity contribution is -0.145. The first-order chi connectivity index (χ1) is 8.49. The van der Waals surface area contributed by atoms with Gasteiger partial charge in [0.05, 0.1) is 31.4 Å². The van der Waals surface area contributed by atoms with E-state index >= 15 is 0 Å². The summed E-state index contributed by atoms with van der Waals surface area (Å²) < 4.78 is 6.56. The number of hydrogen-bond acceptors (Lipinski definition) is 4. The van der Waals surface area contributed by atoms with E-state index in [1.165, 1.54) is 5.56 Å². The highest BCUT2D eigenvalue weighted by atomic mass is 16.5. The average Bonchev–Trinajstić information content (AvgIpc) is 2.53. The highest BCUT2D eigenvalue weighted by Crippen LogP contribution is 2.14. The molecule has 0 aliphatic rings. The number of hydrogen-bond donors (Lipinski definition) is 1. The topological polar surface area (TPSA) is 64.3 Å². The van der Waals surface area contributed by atoms with E-state index in [1.807, 2.05) is 13.8 Å². The summed E-state index contributed by atoms with van der Waals surface area (Å²) >= 11 is 0. The molecule has 1 unspecified atom stereocenters. The Kier molecular flexibility index (Phi) is 5.34. The predicted octanol–water partition coefficient (Wildman–Crippen LogP) is 1.38. The van der Waals surface area contributed by atoms with Gasteiger partial charge in [-0.15, -0.1) is 0 Å². The zero-order chi connectivity index (χ0) is 13.7. The van der Waals surface area contributed by atoms with Crippen molar-refractivity contribution in [2.24, 2.45) is 0 Å². The molecule has 1 rings (SSSR count). The fourth-order valence-corrected chi connectivity index (χ4v) is 2.10. The zero-order valence-electron chi connectivity index (χ0n) is 11.6. The van der Waals surface area contributed by atoms with E-state index in [0.29, 0.717) is 13.2 Å². The third-order valence-corrected chi connectivity index (χ3v) is 2.98. The first-order valence-electron chi connectivity index (χ1n) is 6.36. The lowest BCUT2D eigenvalue weighted by Crippen LogP contribution is -2.22. The fourth-order valence-electron chi connectivity index (χ4n) is 2.10. The van der Waals surface area contributed by atoms with Crippen LogP contribution in [0.3, 0.4) is 0 Å². The van der Waals surface area contributed by atoms with Gasteiger partial charge in [-0.1, -0.05) is 6.92 Å². The molecule has 0 saturated carbocycles. The van der Waals surface area contributed by atoms with Gasteiger partial charge in [-0.3, -0.25) is 9.48 Å². The highest BCUT2D eigenvalue weighted by molar-refractivity contribution is 5.69. The molecule has 5 heteroatoms. The van der Waals surface area contributed by atoms with Crippen LogP contribution in [0.5, 0.6) is 0 Å². The molecule has 0 aliphatic heterocycles. The predicted molar refractivity (Wildman–Crippen MR) is 68.3 cm³/mol. The first-order valence-corrected chi connectivity index (χ1v) is 6.36. The Morgan fingerprint density at radius 2 is 2.11 bits per heavy atom. The number of carbonyl (C=O) groups is 1. The third-order valence-electron chi connectivity index (χ3n) is 2.98. The third kappa shape index (κ3) is 3.57. The van der Waals surface area contributed by atoms with Crippen LogP contribution < -0.4 is 0 Å². The number of carbonyl (C=O) groups excluding carboxylic acids is 1. The Labute approximate surface area is 108 Å². The number of aliphatic hydroxyl groups excluding tert-OH is 1. The van der Waals surface area contributed by atoms with Crippen LogP contribution in [0.2, 0.25) is 0 Å². The molecule has 102 valence electrons. The van der Waals surface area contributed by atoms with E-state index < -0.39 is 6.10 Å². The maximum absolute atomic E-state index is 11.2. The summed E-state index contributed by atoms with van der Waals surface area (Å²) in [6, 6.07) is 0. The van der Waals surface area contributed by atoms with Crippen LogP contribution in [0.25, 0.3) is 0 Å². The van der Waals surface area contributed by atoms with Crippen LogP contribution in [0.4, 0.5) is 0 Å². The molecule has 18 heavy (non-hydrogen) atoms. The molecule has 0 radical (unpaired) electrons. The van der Waals surface area contributed by atoms with Crippen molar-refractivity contribution < 1.29 is 14.6 Å². The number of aryl methyl sites for hydroxylation is 1. The second-order valence-electron chi connectivity index (χ2n) is 4.35. The van der Waals surface area contributed by atoms with E-state index in [4.69, 9.17) is 4.74 Å². The van der Waals surface area contributed by atoms with E-state index in [9.17, 15) is 9.90 Å². The average molecular weight is 254 g/mol. The molecule has 0 aromatic carbocycles. The molecule has 0 aliphatic carbocycles. The molecular formula is C13H22N2O3. The number of aliphatic hydroxyl groups is 1. The number of esters is 1. The Hall–Kier alpha value is -1.36. The van der Waals surface area contributed by atoms with Crippen molar-refractivity contribution >= 4 is 5.97 Å². The maximum atomic E-state index is 11.2. The van der Waals surface area contributed by atoms with Gasteiger partial charge < -0.3 is 9.84 Å². The molecule has 1 aromatic heterocycles. The van der Waals surface area contributed by atoms with E-state index in [1.54, 1.807) is 11.6 Å². The largest absolute Gasteiger partial charge is 0.466 e. The van der Waals surface area contributed by atoms with Crippen LogP contribution in [-0.4, -0.2) is 33.6 Å². The lowest BCUT2D eigenvalue weighted by atomic mass is 10.1. The van der Waals surface area contributed by atoms with E-state index in [2.05, 4.69) is 12.0 Å². The number of ether oxygens (including phenoxy) is 1. The van der Waals surface area contributed by atoms with Gasteiger partial charge in [0.2, 0.25) is 0 Å². The van der Waals surface area contributed by atoms with E-state index in [0.717, 1.165) is 17.8 Å². The minimum atomic E-state index is -0.758. The van der Waals surface area contributed by atoms with Crippen LogP contribution in [0.15, 0.2) is 0 Å². The van der Waals surface area contributed by atoms with E-state index in [-0.39, 0.29) is 12.4 Å². The summed E-state index contributed by atoms with van der Waals surface area (Å²) in [5, 5.41) is 14.2. The molecule has 1 N–H and O–H groups in total. The Bertz CT molecular complexity index is 413. The zero-order valence-corrected chi connectivity index (χ0v) is 11.6. The van der Waals surface area contributed by atoms with Crippen molar-refractivity contribution in [2.75, 3.05) is 6.61 Å². The van der Waals surface area contributed by atoms with Crippen LogP contribution in [0.1, 0.15) is 37.2 Å². The molecule has 0 spiro atoms. The minimum Gasteiger partial charge on any atom is -0.466 e. The molecular weight excluding hydrogens is 232 g/mol. The van der Waals surface area contributed by atoms with Gasteiger partial charge in [0.1, 0.15) is 0 Å². The molecule has 5 nitrogen and oxygen atoms in total. The summed E-state index contributed by atoms with van der Waals surface area (Å²) in [5.74, 6) is -0.373. The summed E-state index contributed by atoms with van der Waals surface area (Å²) in [6.07, 6.45) is 0.172. The van der Waals surface area contributed by atoms with Gasteiger partial charge in [0, 0.05) is 5.69 Å². The SMILES string of the molecule is CCOC(=O)CC(O)Cn1nc(C)c(CC)c1C. The maximum Gasteiger partial charge on any atom is 0.308 e. The Morgan fingerprint density at radius 1 is 1.44 bits per heavy atom. The molecule has 1 heterocycles. The van der Waals surface area contributed by atoms with Gasteiger partial charge in [-0.25, -0.2) is 0 Å². The molecule has 1 aromatic rings. The Balaban J connectivity index is 2.64. The summed E-state index contributed by atoms with van der Waals surface area (Å²) in [7, 11) is 0. The number of nitrogens with zero attached hydrogens (tertiary/aromatic N) is 2. The summed E-state index contributed by atoms with van der Waals surface area (Å²) in [5.41, 5.74) is 3.24. The lowest BCUT2D eigenvalue weighted by Gasteiger charge is -2.11. The van der Waals surface area contributed by atoms with Crippen molar-refractivity contribution in [2.45, 2.75) is 53.2 Å². The molecule has 0 fully saturated rings. The standard InChI is InChI=1S/C13H22N2O3/c1-5-12-9(3)14-15(10(12)4)8-11(16)7-13(17)18-6-2/h11,16H,5-8H2,1-4H3. The number of aromatic nitrogens is 2. The van der Waals surface area contributed by atoms with Crippen molar-refractivity contribution in [3.05, 3.63) is 17.0 Å². The van der Waals surface area contributed by atoms with Crippen molar-refractivity contribution in [1.82, 2.24) is 9.78 Å². The van der Waals surface area contributed by atoms with Gasteiger partial charge in [-0.05, 0) is 32.8 Å². The molecule has 1 atom stereocenters. The van der Waals surface area contributed by atoms with Crippen molar-refractivity contribution in [3.8, 4) is 0 Å². The summed E-state index contributed by atoms with van der Waals surface area (Å²) in [6.45, 7) is 8.43. The van der Waals surface area contributed by atoms with Crippen molar-refractivity contribution in [1.29, 1.82) is 0 Å². The normalized spacial score (nSPS) is 12.5. The van der Waals surface area contributed by atoms with Gasteiger partial charge in [-0.2, -0.15) is 5.10 Å². The quantitative estimate of drug-likeness (QED) is 0.779. The van der Waals surface area contributed by atoms with Gasteiger partial charge in [0.25, 0.3) is 0 Å². The van der Waals surface area contributed by atoms with Crippen LogP contribution in [-0.2, 0) is 22.5 Å². The van der Waals surface area contributed by atoms with Gasteiger partial charge in [0.15, 0.2) is 0 Å². The second kappa shape index (κ2) is 6.54. The summed E-state index contributed by atoms with van der Waals surface area (Å²) in [4.78, 5) is 11.2. The van der Waals surface area contributed by atoms with Crippen LogP contribution >= 0.6 is 0 Å². The molecule has 0 saturated heterocycles. The molecule has 0 bridgehead atoms. The monoisotopic (exact) mass is 254 g/mol. The second-order valence-corrected chi connectivity index (χ2v) is 4.35. The number of rotatable bonds is 6. The van der Waals surface area contributed by atoms with Gasteiger partial charge >= 0.3 is 5.97 Å².